The number of amides is 4. The van der Waals surface area contributed by atoms with Crippen LogP contribution in [-0.2, 0) is 19.2 Å². The van der Waals surface area contributed by atoms with E-state index < -0.39 is 24.1 Å². The second kappa shape index (κ2) is 14.0. The molecule has 1 aliphatic rings. The summed E-state index contributed by atoms with van der Waals surface area (Å²) in [5.74, 6) is -0.775. The van der Waals surface area contributed by atoms with Crippen LogP contribution in [0.1, 0.15) is 32.3 Å². The van der Waals surface area contributed by atoms with Crippen molar-refractivity contribution in [3.05, 3.63) is 29.8 Å². The standard InChI is InChI=1S/C24H37N7O6/c1-16(2)36-20(32)10-12-26-23(34)27-19-11-13-31(22(19)33)18-8-6-17(7-9-18)21(25)28-37-24(35)30(5)15-14-29(3)4/h6-9,16,19H,10-15H2,1-5H3,(H2,25,28)(H2,26,27,34)/t19-/m0/s1. The van der Waals surface area contributed by atoms with Crippen LogP contribution in [0.3, 0.4) is 0 Å². The molecule has 13 heteroatoms. The summed E-state index contributed by atoms with van der Waals surface area (Å²) in [5.41, 5.74) is 3.42. The van der Waals surface area contributed by atoms with Gasteiger partial charge in [0.2, 0.25) is 5.91 Å². The van der Waals surface area contributed by atoms with Crippen molar-refractivity contribution in [1.29, 1.82) is 5.41 Å². The molecule has 4 amide bonds. The van der Waals surface area contributed by atoms with Gasteiger partial charge in [0.25, 0.3) is 0 Å². The largest absolute Gasteiger partial charge is 0.463 e. The Morgan fingerprint density at radius 2 is 1.81 bits per heavy atom. The number of esters is 1. The maximum absolute atomic E-state index is 12.8. The average Bonchev–Trinajstić information content (AvgIpc) is 3.19. The number of anilines is 1. The van der Waals surface area contributed by atoms with Crippen molar-refractivity contribution in [2.24, 2.45) is 0 Å². The number of likely N-dealkylation sites (N-methyl/N-ethyl adjacent to an activating group) is 2. The number of carbonyl (C=O) groups is 4. The van der Waals surface area contributed by atoms with E-state index in [1.54, 1.807) is 50.1 Å². The fraction of sp³-hybridized carbons (Fsp3) is 0.542. The summed E-state index contributed by atoms with van der Waals surface area (Å²) in [6.45, 7) is 5.16. The van der Waals surface area contributed by atoms with Crippen molar-refractivity contribution in [3.63, 3.8) is 0 Å². The third-order valence-corrected chi connectivity index (χ3v) is 5.40. The maximum atomic E-state index is 12.8. The van der Waals surface area contributed by atoms with Crippen LogP contribution in [0.2, 0.25) is 0 Å². The first kappa shape index (κ1) is 29.4. The molecule has 1 heterocycles. The van der Waals surface area contributed by atoms with Gasteiger partial charge in [-0.05, 0) is 58.6 Å². The molecular formula is C24H37N7O6. The summed E-state index contributed by atoms with van der Waals surface area (Å²) in [7, 11) is 5.41. The number of benzene rings is 1. The van der Waals surface area contributed by atoms with Crippen molar-refractivity contribution >= 4 is 35.5 Å². The molecule has 1 saturated heterocycles. The Bertz CT molecular complexity index is 967. The minimum absolute atomic E-state index is 0.0406. The Kier molecular flexibility index (Phi) is 11.1. The highest BCUT2D eigenvalue weighted by molar-refractivity contribution is 6.02. The van der Waals surface area contributed by atoms with Crippen LogP contribution in [-0.4, -0.2) is 99.1 Å². The summed E-state index contributed by atoms with van der Waals surface area (Å²) in [4.78, 5) is 58.3. The van der Waals surface area contributed by atoms with Crippen LogP contribution in [0.25, 0.3) is 0 Å². The van der Waals surface area contributed by atoms with Gasteiger partial charge in [0, 0.05) is 44.5 Å². The lowest BCUT2D eigenvalue weighted by molar-refractivity contribution is -0.147. The topological polar surface area (TPSA) is 156 Å². The summed E-state index contributed by atoms with van der Waals surface area (Å²) >= 11 is 0. The van der Waals surface area contributed by atoms with Gasteiger partial charge in [-0.25, -0.2) is 9.59 Å². The van der Waals surface area contributed by atoms with Crippen LogP contribution in [0, 0.1) is 5.41 Å². The van der Waals surface area contributed by atoms with E-state index in [4.69, 9.17) is 15.0 Å². The van der Waals surface area contributed by atoms with Gasteiger partial charge in [0.15, 0.2) is 5.84 Å². The molecule has 0 aliphatic carbocycles. The molecule has 1 aliphatic heterocycles. The zero-order valence-electron chi connectivity index (χ0n) is 22.0. The molecule has 0 unspecified atom stereocenters. The highest BCUT2D eigenvalue weighted by Gasteiger charge is 2.33. The van der Waals surface area contributed by atoms with Crippen molar-refractivity contribution in [2.45, 2.75) is 38.8 Å². The van der Waals surface area contributed by atoms with Crippen LogP contribution >= 0.6 is 0 Å². The van der Waals surface area contributed by atoms with Crippen molar-refractivity contribution in [1.82, 2.24) is 25.9 Å². The maximum Gasteiger partial charge on any atom is 0.433 e. The molecule has 1 fully saturated rings. The first-order valence-electron chi connectivity index (χ1n) is 12.0. The number of amidine groups is 1. The second-order valence-corrected chi connectivity index (χ2v) is 9.14. The minimum Gasteiger partial charge on any atom is -0.463 e. The van der Waals surface area contributed by atoms with E-state index in [2.05, 4.69) is 16.1 Å². The van der Waals surface area contributed by atoms with Gasteiger partial charge in [-0.2, -0.15) is 5.48 Å². The zero-order chi connectivity index (χ0) is 27.5. The fourth-order valence-electron chi connectivity index (χ4n) is 3.36. The number of hydrogen-bond acceptors (Lipinski definition) is 8. The molecule has 13 nitrogen and oxygen atoms in total. The van der Waals surface area contributed by atoms with Gasteiger partial charge in [-0.15, -0.1) is 0 Å². The third kappa shape index (κ3) is 9.60. The van der Waals surface area contributed by atoms with Crippen LogP contribution in [0.15, 0.2) is 24.3 Å². The number of hydroxylamine groups is 1. The number of hydrogen-bond donors (Lipinski definition) is 4. The normalized spacial score (nSPS) is 14.9. The predicted octanol–water partition coefficient (Wildman–Crippen LogP) is 0.893. The van der Waals surface area contributed by atoms with Gasteiger partial charge >= 0.3 is 18.1 Å². The third-order valence-electron chi connectivity index (χ3n) is 5.40. The number of nitrogens with one attached hydrogen (secondary N) is 4. The number of nitrogens with zero attached hydrogens (tertiary/aromatic N) is 3. The van der Waals surface area contributed by atoms with E-state index >= 15 is 0 Å². The second-order valence-electron chi connectivity index (χ2n) is 9.14. The number of ether oxygens (including phenoxy) is 1. The Labute approximate surface area is 216 Å². The molecular weight excluding hydrogens is 482 g/mol. The minimum atomic E-state index is -0.689. The lowest BCUT2D eigenvalue weighted by Gasteiger charge is -2.19. The molecule has 1 atom stereocenters. The van der Waals surface area contributed by atoms with E-state index in [-0.39, 0.29) is 30.8 Å². The Balaban J connectivity index is 1.80. The van der Waals surface area contributed by atoms with Gasteiger partial charge in [0.05, 0.1) is 12.5 Å². The van der Waals surface area contributed by atoms with Gasteiger partial charge in [-0.3, -0.25) is 15.0 Å². The van der Waals surface area contributed by atoms with Crippen molar-refractivity contribution in [2.75, 3.05) is 52.2 Å². The smallest absolute Gasteiger partial charge is 0.433 e. The molecule has 204 valence electrons. The van der Waals surface area contributed by atoms with Crippen molar-refractivity contribution in [3.8, 4) is 0 Å². The van der Waals surface area contributed by atoms with Crippen LogP contribution in [0.4, 0.5) is 15.3 Å². The van der Waals surface area contributed by atoms with E-state index in [0.717, 1.165) is 0 Å². The number of rotatable bonds is 10. The quantitative estimate of drug-likeness (QED) is 0.154. The zero-order valence-corrected chi connectivity index (χ0v) is 22.0. The molecule has 1 aromatic rings. The lowest BCUT2D eigenvalue weighted by atomic mass is 10.2. The summed E-state index contributed by atoms with van der Waals surface area (Å²) in [6.07, 6.45) is -0.359. The van der Waals surface area contributed by atoms with E-state index in [9.17, 15) is 19.2 Å². The van der Waals surface area contributed by atoms with Crippen LogP contribution in [0.5, 0.6) is 0 Å². The first-order chi connectivity index (χ1) is 17.5. The van der Waals surface area contributed by atoms with E-state index in [1.807, 2.05) is 19.0 Å². The summed E-state index contributed by atoms with van der Waals surface area (Å²) in [6, 6.07) is 5.39. The Morgan fingerprint density at radius 1 is 1.14 bits per heavy atom. The number of carbonyl (C=O) groups excluding carboxylic acids is 4. The monoisotopic (exact) mass is 519 g/mol. The highest BCUT2D eigenvalue weighted by Crippen LogP contribution is 2.22. The highest BCUT2D eigenvalue weighted by atomic mass is 16.7. The Hall–Kier alpha value is -3.87. The Morgan fingerprint density at radius 3 is 2.43 bits per heavy atom. The lowest BCUT2D eigenvalue weighted by Crippen LogP contribution is -2.46. The van der Waals surface area contributed by atoms with Crippen molar-refractivity contribution < 1.29 is 28.8 Å². The SMILES string of the molecule is CC(C)OC(=O)CCNC(=O)N[C@H]1CCN(c2ccc(C(=N)NOC(=O)N(C)CCN(C)C)cc2)C1=O. The molecule has 0 saturated carbocycles. The fourth-order valence-corrected chi connectivity index (χ4v) is 3.36. The predicted molar refractivity (Wildman–Crippen MR) is 137 cm³/mol. The molecule has 2 rings (SSSR count). The van der Waals surface area contributed by atoms with Gasteiger partial charge in [-0.1, -0.05) is 0 Å². The molecule has 4 N–H and O–H groups in total. The van der Waals surface area contributed by atoms with Gasteiger partial charge < -0.3 is 34.9 Å². The summed E-state index contributed by atoms with van der Waals surface area (Å²) in [5, 5.41) is 13.3. The van der Waals surface area contributed by atoms with Gasteiger partial charge in [0.1, 0.15) is 6.04 Å². The van der Waals surface area contributed by atoms with Crippen LogP contribution < -0.4 is 21.0 Å². The molecule has 1 aromatic carbocycles. The van der Waals surface area contributed by atoms with E-state index in [1.165, 1.54) is 4.90 Å². The number of urea groups is 1. The average molecular weight is 520 g/mol. The molecule has 0 radical (unpaired) electrons. The molecule has 0 spiro atoms. The molecule has 0 aromatic heterocycles. The first-order valence-corrected chi connectivity index (χ1v) is 12.0. The van der Waals surface area contributed by atoms with E-state index in [0.29, 0.717) is 37.3 Å². The molecule has 0 bridgehead atoms. The summed E-state index contributed by atoms with van der Waals surface area (Å²) < 4.78 is 5.00. The molecule has 37 heavy (non-hydrogen) atoms.